The summed E-state index contributed by atoms with van der Waals surface area (Å²) in [5, 5.41) is 15.3. The Hall–Kier alpha value is -4.81. The zero-order valence-corrected chi connectivity index (χ0v) is 21.8. The molecule has 3 rings (SSSR count). The van der Waals surface area contributed by atoms with Crippen molar-refractivity contribution in [2.45, 2.75) is 26.4 Å². The summed E-state index contributed by atoms with van der Waals surface area (Å²) < 4.78 is 60.9. The van der Waals surface area contributed by atoms with Crippen LogP contribution in [0.4, 0.5) is 18.9 Å². The van der Waals surface area contributed by atoms with Crippen molar-refractivity contribution < 1.29 is 41.8 Å². The predicted molar refractivity (Wildman–Crippen MR) is 140 cm³/mol. The summed E-state index contributed by atoms with van der Waals surface area (Å²) in [6, 6.07) is 11.1. The quantitative estimate of drug-likeness (QED) is 0.155. The van der Waals surface area contributed by atoms with Gasteiger partial charge in [-0.3, -0.25) is 14.9 Å². The number of carbonyl (C=O) groups excluding carboxylic acids is 1. The molecule has 0 unspecified atom stereocenters. The second kappa shape index (κ2) is 13.3. The monoisotopic (exact) mass is 561 g/mol. The van der Waals surface area contributed by atoms with Gasteiger partial charge in [0.05, 0.1) is 37.0 Å². The van der Waals surface area contributed by atoms with Gasteiger partial charge in [-0.05, 0) is 67.4 Å². The number of hydrogen-bond acceptors (Lipinski definition) is 8. The molecule has 0 aliphatic carbocycles. The lowest BCUT2D eigenvalue weighted by Crippen LogP contribution is -2.17. The first kappa shape index (κ1) is 29.7. The Morgan fingerprint density at radius 1 is 0.975 bits per heavy atom. The van der Waals surface area contributed by atoms with Crippen LogP contribution in [-0.4, -0.2) is 37.4 Å². The number of alkyl halides is 3. The van der Waals surface area contributed by atoms with Crippen LogP contribution < -0.4 is 24.4 Å². The zero-order chi connectivity index (χ0) is 29.3. The Morgan fingerprint density at radius 2 is 1.70 bits per heavy atom. The molecular weight excluding hydrogens is 535 g/mol. The normalized spacial score (nSPS) is 11.2. The summed E-state index contributed by atoms with van der Waals surface area (Å²) in [6.07, 6.45) is -2.61. The maximum Gasteiger partial charge on any atom is 0.416 e. The Kier molecular flexibility index (Phi) is 9.90. The van der Waals surface area contributed by atoms with Crippen LogP contribution in [0.2, 0.25) is 0 Å². The van der Waals surface area contributed by atoms with Crippen LogP contribution in [0.3, 0.4) is 0 Å². The molecule has 0 aliphatic heterocycles. The molecule has 0 saturated heterocycles. The van der Waals surface area contributed by atoms with Crippen LogP contribution in [0.5, 0.6) is 28.7 Å². The number of nitrogens with one attached hydrogen (secondary N) is 1. The van der Waals surface area contributed by atoms with Crippen LogP contribution in [-0.2, 0) is 6.18 Å². The van der Waals surface area contributed by atoms with Gasteiger partial charge in [0.25, 0.3) is 5.91 Å². The molecule has 10 nitrogen and oxygen atoms in total. The van der Waals surface area contributed by atoms with Gasteiger partial charge in [0.2, 0.25) is 5.75 Å². The van der Waals surface area contributed by atoms with Crippen molar-refractivity contribution in [2.75, 3.05) is 20.3 Å². The smallest absolute Gasteiger partial charge is 0.416 e. The molecule has 1 amide bonds. The number of benzene rings is 3. The average Bonchev–Trinajstić information content (AvgIpc) is 2.92. The fourth-order valence-corrected chi connectivity index (χ4v) is 3.37. The predicted octanol–water partition coefficient (Wildman–Crippen LogP) is 6.37. The third kappa shape index (κ3) is 7.62. The number of nitrogens with zero attached hydrogens (tertiary/aromatic N) is 2. The Bertz CT molecular complexity index is 1390. The lowest BCUT2D eigenvalue weighted by atomic mass is 10.1. The first-order chi connectivity index (χ1) is 19.1. The molecule has 0 saturated carbocycles. The molecule has 0 heterocycles. The van der Waals surface area contributed by atoms with E-state index in [9.17, 15) is 28.1 Å². The molecule has 1 N–H and O–H groups in total. The lowest BCUT2D eigenvalue weighted by Gasteiger charge is -2.13. The number of hydrazone groups is 1. The maximum atomic E-state index is 13.0. The summed E-state index contributed by atoms with van der Waals surface area (Å²) in [5.41, 5.74) is 1.12. The number of methoxy groups -OCH3 is 1. The summed E-state index contributed by atoms with van der Waals surface area (Å²) >= 11 is 0. The van der Waals surface area contributed by atoms with Gasteiger partial charge < -0.3 is 18.9 Å². The second-order valence-electron chi connectivity index (χ2n) is 8.09. The first-order valence-corrected chi connectivity index (χ1v) is 12.0. The number of ether oxygens (including phenoxy) is 4. The number of carbonyl (C=O) groups is 1. The molecule has 0 bridgehead atoms. The van der Waals surface area contributed by atoms with Crippen molar-refractivity contribution in [3.63, 3.8) is 0 Å². The van der Waals surface area contributed by atoms with E-state index >= 15 is 0 Å². The van der Waals surface area contributed by atoms with E-state index in [1.807, 2.05) is 13.8 Å². The van der Waals surface area contributed by atoms with Crippen molar-refractivity contribution >= 4 is 17.8 Å². The van der Waals surface area contributed by atoms with Gasteiger partial charge in [-0.25, -0.2) is 5.43 Å². The maximum absolute atomic E-state index is 13.0. The van der Waals surface area contributed by atoms with E-state index in [0.717, 1.165) is 12.5 Å². The van der Waals surface area contributed by atoms with Crippen molar-refractivity contribution in [2.24, 2.45) is 5.10 Å². The molecule has 3 aromatic carbocycles. The van der Waals surface area contributed by atoms with Crippen LogP contribution in [0.25, 0.3) is 0 Å². The van der Waals surface area contributed by atoms with E-state index < -0.39 is 34.0 Å². The largest absolute Gasteiger partial charge is 0.493 e. The number of halogens is 3. The Balaban J connectivity index is 1.74. The first-order valence-electron chi connectivity index (χ1n) is 12.0. The van der Waals surface area contributed by atoms with E-state index in [2.05, 4.69) is 10.5 Å². The standard InChI is InChI=1S/C27H26F3N3O7/c1-4-12-39-22-10-7-18(14-25(22)38-5-2)26(34)32-31-16-17-6-9-23(24(13-17)37-3)40-21-11-8-19(27(28,29)30)15-20(21)33(35)36/h6-11,13-16H,4-5,12H2,1-3H3,(H,32,34)/b31-16+. The summed E-state index contributed by atoms with van der Waals surface area (Å²) in [6.45, 7) is 4.68. The number of rotatable bonds is 12. The summed E-state index contributed by atoms with van der Waals surface area (Å²) in [5.74, 6) is 0.193. The van der Waals surface area contributed by atoms with Gasteiger partial charge in [0.15, 0.2) is 23.0 Å². The molecule has 0 spiro atoms. The number of nitro benzene ring substituents is 1. The van der Waals surface area contributed by atoms with E-state index in [1.54, 1.807) is 18.2 Å². The minimum Gasteiger partial charge on any atom is -0.493 e. The molecule has 3 aromatic rings. The molecule has 0 aromatic heterocycles. The van der Waals surface area contributed by atoms with E-state index in [1.165, 1.54) is 31.5 Å². The van der Waals surface area contributed by atoms with Gasteiger partial charge in [-0.1, -0.05) is 6.92 Å². The topological polar surface area (TPSA) is 122 Å². The van der Waals surface area contributed by atoms with Crippen molar-refractivity contribution in [3.05, 3.63) is 81.4 Å². The number of nitro groups is 1. The molecule has 0 fully saturated rings. The highest BCUT2D eigenvalue weighted by Crippen LogP contribution is 2.40. The van der Waals surface area contributed by atoms with Gasteiger partial charge in [-0.15, -0.1) is 0 Å². The summed E-state index contributed by atoms with van der Waals surface area (Å²) in [7, 11) is 1.32. The van der Waals surface area contributed by atoms with Crippen molar-refractivity contribution in [1.29, 1.82) is 0 Å². The van der Waals surface area contributed by atoms with Crippen LogP contribution in [0, 0.1) is 10.1 Å². The SMILES string of the molecule is CCCOc1ccc(C(=O)N/N=C/c2ccc(Oc3ccc(C(F)(F)F)cc3[N+](=O)[O-])c(OC)c2)cc1OCC. The van der Waals surface area contributed by atoms with Gasteiger partial charge in [0.1, 0.15) is 0 Å². The van der Waals surface area contributed by atoms with E-state index in [-0.39, 0.29) is 11.5 Å². The van der Waals surface area contributed by atoms with Crippen LogP contribution >= 0.6 is 0 Å². The van der Waals surface area contributed by atoms with Crippen molar-refractivity contribution in [1.82, 2.24) is 5.43 Å². The minimum absolute atomic E-state index is 0.0142. The molecule has 0 radical (unpaired) electrons. The average molecular weight is 562 g/mol. The molecule has 40 heavy (non-hydrogen) atoms. The molecule has 0 atom stereocenters. The van der Waals surface area contributed by atoms with Crippen LogP contribution in [0.15, 0.2) is 59.7 Å². The Labute approximate surface area is 227 Å². The second-order valence-corrected chi connectivity index (χ2v) is 8.09. The van der Waals surface area contributed by atoms with E-state index in [4.69, 9.17) is 18.9 Å². The minimum atomic E-state index is -4.75. The zero-order valence-electron chi connectivity index (χ0n) is 21.8. The highest BCUT2D eigenvalue weighted by Gasteiger charge is 2.33. The van der Waals surface area contributed by atoms with Gasteiger partial charge in [0, 0.05) is 11.6 Å². The third-order valence-electron chi connectivity index (χ3n) is 5.24. The fourth-order valence-electron chi connectivity index (χ4n) is 3.37. The fraction of sp³-hybridized carbons (Fsp3) is 0.259. The summed E-state index contributed by atoms with van der Waals surface area (Å²) in [4.78, 5) is 23.0. The number of amides is 1. The highest BCUT2D eigenvalue weighted by molar-refractivity contribution is 5.95. The van der Waals surface area contributed by atoms with Crippen molar-refractivity contribution in [3.8, 4) is 28.7 Å². The lowest BCUT2D eigenvalue weighted by molar-refractivity contribution is -0.385. The van der Waals surface area contributed by atoms with Gasteiger partial charge >= 0.3 is 11.9 Å². The molecule has 0 aliphatic rings. The van der Waals surface area contributed by atoms with Crippen LogP contribution in [0.1, 0.15) is 41.8 Å². The van der Waals surface area contributed by atoms with E-state index in [0.29, 0.717) is 48.0 Å². The highest BCUT2D eigenvalue weighted by atomic mass is 19.4. The Morgan fingerprint density at radius 3 is 2.35 bits per heavy atom. The third-order valence-corrected chi connectivity index (χ3v) is 5.24. The molecular formula is C27H26F3N3O7. The van der Waals surface area contributed by atoms with Gasteiger partial charge in [-0.2, -0.15) is 18.3 Å². The number of hydrogen-bond donors (Lipinski definition) is 1. The molecule has 13 heteroatoms. The molecule has 212 valence electrons.